The molecule has 4 rings (SSSR count). The molecule has 202 valence electrons. The fourth-order valence-corrected chi connectivity index (χ4v) is 3.61. The summed E-state index contributed by atoms with van der Waals surface area (Å²) in [6.45, 7) is 0. The van der Waals surface area contributed by atoms with Gasteiger partial charge in [-0.1, -0.05) is 41.9 Å². The van der Waals surface area contributed by atoms with Crippen molar-refractivity contribution in [3.05, 3.63) is 89.2 Å². The molecule has 0 aliphatic heterocycles. The van der Waals surface area contributed by atoms with Crippen molar-refractivity contribution in [1.29, 1.82) is 0 Å². The van der Waals surface area contributed by atoms with Crippen LogP contribution in [-0.4, -0.2) is 32.5 Å². The molecule has 39 heavy (non-hydrogen) atoms. The van der Waals surface area contributed by atoms with Crippen molar-refractivity contribution in [2.24, 2.45) is 5.10 Å². The highest BCUT2D eigenvalue weighted by molar-refractivity contribution is 7.80. The van der Waals surface area contributed by atoms with E-state index in [0.717, 1.165) is 18.2 Å². The first-order chi connectivity index (χ1) is 18.4. The van der Waals surface area contributed by atoms with Gasteiger partial charge < -0.3 is 10.1 Å². The number of thiocarbonyl (C=S) groups is 1. The molecule has 7 nitrogen and oxygen atoms in total. The molecule has 0 aliphatic rings. The number of hydrogen-bond donors (Lipinski definition) is 2. The molecule has 0 amide bonds. The first kappa shape index (κ1) is 27.9. The Labute approximate surface area is 227 Å². The highest BCUT2D eigenvalue weighted by Crippen LogP contribution is 2.38. The maximum Gasteiger partial charge on any atom is 0.573 e. The average Bonchev–Trinajstić information content (AvgIpc) is 3.35. The number of anilines is 1. The van der Waals surface area contributed by atoms with Gasteiger partial charge in [0.15, 0.2) is 10.9 Å². The minimum Gasteiger partial charge on any atom is -0.406 e. The number of rotatable bonds is 6. The van der Waals surface area contributed by atoms with Crippen LogP contribution in [0.1, 0.15) is 11.1 Å². The Morgan fingerprint density at radius 2 is 1.67 bits per heavy atom. The lowest BCUT2D eigenvalue weighted by molar-refractivity contribution is -0.274. The van der Waals surface area contributed by atoms with E-state index in [9.17, 15) is 26.3 Å². The predicted octanol–water partition coefficient (Wildman–Crippen LogP) is 6.83. The van der Waals surface area contributed by atoms with Gasteiger partial charge in [0, 0.05) is 5.56 Å². The SMILES string of the molecule is FC(F)(F)Oc1ccc(-n2cnc(-c3ccc(/C=N\NC(=S)Nc4c(Cl)cccc4C(F)(F)F)cc3)n2)cc1. The van der Waals surface area contributed by atoms with Crippen molar-refractivity contribution < 1.29 is 31.1 Å². The zero-order chi connectivity index (χ0) is 28.2. The van der Waals surface area contributed by atoms with Crippen LogP contribution in [0.15, 0.2) is 78.2 Å². The van der Waals surface area contributed by atoms with Crippen molar-refractivity contribution in [3.63, 3.8) is 0 Å². The van der Waals surface area contributed by atoms with Crippen molar-refractivity contribution in [2.75, 3.05) is 5.32 Å². The number of hydrogen-bond acceptors (Lipinski definition) is 5. The van der Waals surface area contributed by atoms with E-state index < -0.39 is 18.1 Å². The molecule has 0 unspecified atom stereocenters. The minimum absolute atomic E-state index is 0.155. The van der Waals surface area contributed by atoms with Gasteiger partial charge in [-0.15, -0.1) is 18.3 Å². The van der Waals surface area contributed by atoms with Crippen LogP contribution >= 0.6 is 23.8 Å². The Bertz CT molecular complexity index is 1490. The van der Waals surface area contributed by atoms with E-state index in [0.29, 0.717) is 22.6 Å². The molecule has 2 N–H and O–H groups in total. The number of ether oxygens (including phenoxy) is 1. The highest BCUT2D eigenvalue weighted by Gasteiger charge is 2.34. The molecule has 0 saturated heterocycles. The molecule has 0 bridgehead atoms. The standard InChI is InChI=1S/C24H15ClF6N6OS/c25-19-3-1-2-18(23(26,27)28)20(19)34-22(39)35-33-12-14-4-6-15(7-5-14)21-32-13-37(36-21)16-8-10-17(11-9-16)38-24(29,30)31/h1-13H,(H2,34,35,39)/b33-12-. The number of nitrogens with one attached hydrogen (secondary N) is 2. The second kappa shape index (κ2) is 11.3. The van der Waals surface area contributed by atoms with E-state index in [1.165, 1.54) is 41.5 Å². The van der Waals surface area contributed by atoms with Crippen LogP contribution in [0.25, 0.3) is 17.1 Å². The summed E-state index contributed by atoms with van der Waals surface area (Å²) in [4.78, 5) is 4.21. The Balaban J connectivity index is 1.37. The summed E-state index contributed by atoms with van der Waals surface area (Å²) in [5, 5.41) is 10.3. The van der Waals surface area contributed by atoms with E-state index in [4.69, 9.17) is 23.8 Å². The molecule has 0 aliphatic carbocycles. The van der Waals surface area contributed by atoms with Crippen LogP contribution < -0.4 is 15.5 Å². The van der Waals surface area contributed by atoms with E-state index >= 15 is 0 Å². The molecule has 3 aromatic carbocycles. The summed E-state index contributed by atoms with van der Waals surface area (Å²) in [6, 6.07) is 15.3. The quantitative estimate of drug-likeness (QED) is 0.112. The third-order valence-electron chi connectivity index (χ3n) is 4.93. The number of aromatic nitrogens is 3. The second-order valence-electron chi connectivity index (χ2n) is 7.66. The van der Waals surface area contributed by atoms with E-state index in [2.05, 4.69) is 30.7 Å². The lowest BCUT2D eigenvalue weighted by Crippen LogP contribution is -2.25. The molecule has 0 atom stereocenters. The monoisotopic (exact) mass is 584 g/mol. The average molecular weight is 585 g/mol. The summed E-state index contributed by atoms with van der Waals surface area (Å²) < 4.78 is 81.9. The Kier molecular flexibility index (Phi) is 8.06. The second-order valence-corrected chi connectivity index (χ2v) is 8.48. The van der Waals surface area contributed by atoms with Crippen LogP contribution in [0.5, 0.6) is 5.75 Å². The third-order valence-corrected chi connectivity index (χ3v) is 5.44. The number of hydrazone groups is 1. The zero-order valence-electron chi connectivity index (χ0n) is 19.3. The van der Waals surface area contributed by atoms with E-state index in [1.807, 2.05) is 0 Å². The lowest BCUT2D eigenvalue weighted by Gasteiger charge is -2.15. The number of halogens is 7. The van der Waals surface area contributed by atoms with Gasteiger partial charge in [-0.25, -0.2) is 9.67 Å². The van der Waals surface area contributed by atoms with E-state index in [1.54, 1.807) is 24.3 Å². The Morgan fingerprint density at radius 1 is 0.974 bits per heavy atom. The maximum absolute atomic E-state index is 13.2. The predicted molar refractivity (Wildman–Crippen MR) is 137 cm³/mol. The largest absolute Gasteiger partial charge is 0.573 e. The van der Waals surface area contributed by atoms with Crippen LogP contribution in [-0.2, 0) is 6.18 Å². The molecular formula is C24H15ClF6N6OS. The number of nitrogens with zero attached hydrogens (tertiary/aromatic N) is 4. The van der Waals surface area contributed by atoms with Crippen molar-refractivity contribution >= 4 is 40.8 Å². The lowest BCUT2D eigenvalue weighted by atomic mass is 10.1. The van der Waals surface area contributed by atoms with Crippen LogP contribution in [0.3, 0.4) is 0 Å². The van der Waals surface area contributed by atoms with Crippen molar-refractivity contribution in [1.82, 2.24) is 20.2 Å². The van der Waals surface area contributed by atoms with Gasteiger partial charge in [0.1, 0.15) is 12.1 Å². The van der Waals surface area contributed by atoms with E-state index in [-0.39, 0.29) is 21.6 Å². The van der Waals surface area contributed by atoms with Crippen molar-refractivity contribution in [2.45, 2.75) is 12.5 Å². The van der Waals surface area contributed by atoms with Crippen molar-refractivity contribution in [3.8, 4) is 22.8 Å². The fourth-order valence-electron chi connectivity index (χ4n) is 3.23. The van der Waals surface area contributed by atoms with Crippen LogP contribution in [0.2, 0.25) is 5.02 Å². The van der Waals surface area contributed by atoms with Gasteiger partial charge in [-0.2, -0.15) is 18.3 Å². The molecule has 0 fully saturated rings. The molecule has 0 radical (unpaired) electrons. The fraction of sp³-hybridized carbons (Fsp3) is 0.0833. The molecule has 15 heteroatoms. The maximum atomic E-state index is 13.2. The number of para-hydroxylation sites is 1. The Morgan fingerprint density at radius 3 is 2.31 bits per heavy atom. The molecule has 4 aromatic rings. The highest BCUT2D eigenvalue weighted by atomic mass is 35.5. The minimum atomic E-state index is -4.78. The first-order valence-electron chi connectivity index (χ1n) is 10.7. The smallest absolute Gasteiger partial charge is 0.406 e. The molecular weight excluding hydrogens is 570 g/mol. The van der Waals surface area contributed by atoms with Crippen LogP contribution in [0.4, 0.5) is 32.0 Å². The number of alkyl halides is 6. The normalized spacial score (nSPS) is 12.0. The van der Waals surface area contributed by atoms with Gasteiger partial charge in [0.05, 0.1) is 28.2 Å². The summed E-state index contributed by atoms with van der Waals surface area (Å²) in [5.74, 6) is 0.00242. The third kappa shape index (κ3) is 7.45. The number of benzene rings is 3. The van der Waals surface area contributed by atoms with Gasteiger partial charge in [-0.05, 0) is 54.2 Å². The summed E-state index contributed by atoms with van der Waals surface area (Å²) in [5.41, 5.74) is 2.82. The Hall–Kier alpha value is -4.17. The molecule has 0 saturated carbocycles. The van der Waals surface area contributed by atoms with Gasteiger partial charge in [0.25, 0.3) is 0 Å². The summed E-state index contributed by atoms with van der Waals surface area (Å²) in [6.07, 6.45) is -6.61. The van der Waals surface area contributed by atoms with Gasteiger partial charge in [0.2, 0.25) is 0 Å². The molecule has 1 aromatic heterocycles. The van der Waals surface area contributed by atoms with Crippen LogP contribution in [0, 0.1) is 0 Å². The topological polar surface area (TPSA) is 76.4 Å². The van der Waals surface area contributed by atoms with Gasteiger partial charge >= 0.3 is 12.5 Å². The molecule has 1 heterocycles. The summed E-state index contributed by atoms with van der Waals surface area (Å²) >= 11 is 10.9. The molecule has 0 spiro atoms. The van der Waals surface area contributed by atoms with Gasteiger partial charge in [-0.3, -0.25) is 5.43 Å². The first-order valence-corrected chi connectivity index (χ1v) is 11.5. The summed E-state index contributed by atoms with van der Waals surface area (Å²) in [7, 11) is 0. The zero-order valence-corrected chi connectivity index (χ0v) is 20.8.